The predicted octanol–water partition coefficient (Wildman–Crippen LogP) is 3.17. The number of anilines is 1. The van der Waals surface area contributed by atoms with Gasteiger partial charge in [0.1, 0.15) is 0 Å². The number of benzene rings is 2. The summed E-state index contributed by atoms with van der Waals surface area (Å²) in [5, 5.41) is 3.57. The number of hydrogen-bond donors (Lipinski definition) is 2. The lowest BCUT2D eigenvalue weighted by molar-refractivity contribution is 0.600. The van der Waals surface area contributed by atoms with Gasteiger partial charge in [-0.15, -0.1) is 0 Å². The monoisotopic (exact) mass is 324 g/mol. The molecule has 2 aromatic rings. The van der Waals surface area contributed by atoms with E-state index in [-0.39, 0.29) is 4.90 Å². The molecule has 112 valence electrons. The van der Waals surface area contributed by atoms with Crippen molar-refractivity contribution >= 4 is 27.3 Å². The summed E-state index contributed by atoms with van der Waals surface area (Å²) < 4.78 is 27.6. The molecule has 0 radical (unpaired) electrons. The number of aryl methyl sites for hydroxylation is 1. The first kappa shape index (κ1) is 15.8. The van der Waals surface area contributed by atoms with Crippen molar-refractivity contribution in [2.45, 2.75) is 18.4 Å². The standard InChI is InChI=1S/C15H17ClN2O2S/c1-11-3-4-12(10-17-2)9-15(11)21(19,20)18-14-7-5-13(16)6-8-14/h3-9,17-18H,10H2,1-2H3. The maximum atomic E-state index is 12.5. The molecule has 21 heavy (non-hydrogen) atoms. The fourth-order valence-corrected chi connectivity index (χ4v) is 3.46. The summed E-state index contributed by atoms with van der Waals surface area (Å²) in [6.45, 7) is 2.39. The minimum absolute atomic E-state index is 0.283. The zero-order valence-electron chi connectivity index (χ0n) is 11.9. The van der Waals surface area contributed by atoms with Gasteiger partial charge in [0.25, 0.3) is 10.0 Å². The topological polar surface area (TPSA) is 58.2 Å². The Morgan fingerprint density at radius 1 is 1.10 bits per heavy atom. The first-order valence-electron chi connectivity index (χ1n) is 6.45. The second kappa shape index (κ2) is 6.47. The van der Waals surface area contributed by atoms with E-state index in [1.165, 1.54) is 0 Å². The maximum Gasteiger partial charge on any atom is 0.262 e. The number of rotatable bonds is 5. The third kappa shape index (κ3) is 3.97. The van der Waals surface area contributed by atoms with Crippen molar-refractivity contribution in [1.82, 2.24) is 5.32 Å². The SMILES string of the molecule is CNCc1ccc(C)c(S(=O)(=O)Nc2ccc(Cl)cc2)c1. The molecule has 6 heteroatoms. The van der Waals surface area contributed by atoms with Gasteiger partial charge in [-0.1, -0.05) is 23.7 Å². The Hall–Kier alpha value is -1.56. The van der Waals surface area contributed by atoms with E-state index < -0.39 is 10.0 Å². The summed E-state index contributed by atoms with van der Waals surface area (Å²) in [6, 6.07) is 12.0. The molecule has 0 saturated heterocycles. The third-order valence-electron chi connectivity index (χ3n) is 3.02. The first-order valence-corrected chi connectivity index (χ1v) is 8.31. The molecule has 0 heterocycles. The van der Waals surface area contributed by atoms with Gasteiger partial charge in [-0.25, -0.2) is 8.42 Å². The molecule has 2 rings (SSSR count). The fraction of sp³-hybridized carbons (Fsp3) is 0.200. The summed E-state index contributed by atoms with van der Waals surface area (Å²) in [4.78, 5) is 0.283. The van der Waals surface area contributed by atoms with Crippen LogP contribution in [-0.2, 0) is 16.6 Å². The molecule has 0 aliphatic heterocycles. The van der Waals surface area contributed by atoms with Crippen LogP contribution in [0.1, 0.15) is 11.1 Å². The van der Waals surface area contributed by atoms with Crippen LogP contribution in [0.4, 0.5) is 5.69 Å². The normalized spacial score (nSPS) is 11.4. The van der Waals surface area contributed by atoms with Crippen molar-refractivity contribution in [2.24, 2.45) is 0 Å². The van der Waals surface area contributed by atoms with E-state index in [9.17, 15) is 8.42 Å². The van der Waals surface area contributed by atoms with Crippen LogP contribution in [0, 0.1) is 6.92 Å². The Morgan fingerprint density at radius 2 is 1.76 bits per heavy atom. The summed E-state index contributed by atoms with van der Waals surface area (Å²) in [5.41, 5.74) is 2.11. The highest BCUT2D eigenvalue weighted by Gasteiger charge is 2.17. The molecule has 0 amide bonds. The van der Waals surface area contributed by atoms with Gasteiger partial charge in [-0.2, -0.15) is 0 Å². The molecule has 4 nitrogen and oxygen atoms in total. The van der Waals surface area contributed by atoms with Crippen molar-refractivity contribution in [2.75, 3.05) is 11.8 Å². The lowest BCUT2D eigenvalue weighted by Crippen LogP contribution is -2.15. The van der Waals surface area contributed by atoms with E-state index in [0.29, 0.717) is 22.8 Å². The molecule has 0 aliphatic rings. The second-order valence-electron chi connectivity index (χ2n) is 4.74. The van der Waals surface area contributed by atoms with Gasteiger partial charge in [0.2, 0.25) is 0 Å². The average Bonchev–Trinajstić information content (AvgIpc) is 2.43. The summed E-state index contributed by atoms with van der Waals surface area (Å²) in [7, 11) is -1.80. The molecule has 2 aromatic carbocycles. The largest absolute Gasteiger partial charge is 0.316 e. The third-order valence-corrected chi connectivity index (χ3v) is 4.79. The Morgan fingerprint density at radius 3 is 2.38 bits per heavy atom. The second-order valence-corrected chi connectivity index (χ2v) is 6.83. The van der Waals surface area contributed by atoms with Crippen molar-refractivity contribution in [3.63, 3.8) is 0 Å². The molecule has 0 unspecified atom stereocenters. The zero-order valence-corrected chi connectivity index (χ0v) is 13.4. The quantitative estimate of drug-likeness (QED) is 0.888. The van der Waals surface area contributed by atoms with Gasteiger partial charge >= 0.3 is 0 Å². The Balaban J connectivity index is 2.34. The molecule has 0 saturated carbocycles. The van der Waals surface area contributed by atoms with Crippen molar-refractivity contribution in [3.05, 3.63) is 58.6 Å². The molecule has 0 atom stereocenters. The van der Waals surface area contributed by atoms with Gasteiger partial charge in [-0.3, -0.25) is 4.72 Å². The van der Waals surface area contributed by atoms with Crippen LogP contribution in [0.25, 0.3) is 0 Å². The van der Waals surface area contributed by atoms with Crippen LogP contribution in [0.5, 0.6) is 0 Å². The van der Waals surface area contributed by atoms with Crippen LogP contribution < -0.4 is 10.0 Å². The number of nitrogens with one attached hydrogen (secondary N) is 2. The van der Waals surface area contributed by atoms with Crippen molar-refractivity contribution in [1.29, 1.82) is 0 Å². The Kier molecular flexibility index (Phi) is 4.88. The summed E-state index contributed by atoms with van der Waals surface area (Å²) in [6.07, 6.45) is 0. The molecular weight excluding hydrogens is 308 g/mol. The Labute approximate surface area is 130 Å². The molecule has 0 fully saturated rings. The molecular formula is C15H17ClN2O2S. The van der Waals surface area contributed by atoms with E-state index >= 15 is 0 Å². The predicted molar refractivity (Wildman–Crippen MR) is 86.2 cm³/mol. The zero-order chi connectivity index (χ0) is 15.5. The lowest BCUT2D eigenvalue weighted by atomic mass is 10.1. The van der Waals surface area contributed by atoms with E-state index in [2.05, 4.69) is 10.0 Å². The Bertz CT molecular complexity index is 728. The summed E-state index contributed by atoms with van der Waals surface area (Å²) in [5.74, 6) is 0. The first-order chi connectivity index (χ1) is 9.92. The number of halogens is 1. The molecule has 0 aromatic heterocycles. The maximum absolute atomic E-state index is 12.5. The molecule has 0 spiro atoms. The van der Waals surface area contributed by atoms with Crippen LogP contribution in [0.2, 0.25) is 5.02 Å². The fourth-order valence-electron chi connectivity index (χ4n) is 1.98. The highest BCUT2D eigenvalue weighted by Crippen LogP contribution is 2.22. The lowest BCUT2D eigenvalue weighted by Gasteiger charge is -2.12. The van der Waals surface area contributed by atoms with Gasteiger partial charge < -0.3 is 5.32 Å². The average molecular weight is 325 g/mol. The van der Waals surface area contributed by atoms with E-state index in [0.717, 1.165) is 5.56 Å². The van der Waals surface area contributed by atoms with Crippen LogP contribution in [0.3, 0.4) is 0 Å². The highest BCUT2D eigenvalue weighted by atomic mass is 35.5. The molecule has 0 aliphatic carbocycles. The van der Waals surface area contributed by atoms with Crippen LogP contribution >= 0.6 is 11.6 Å². The van der Waals surface area contributed by atoms with E-state index in [4.69, 9.17) is 11.6 Å². The van der Waals surface area contributed by atoms with Gasteiger partial charge in [0.15, 0.2) is 0 Å². The van der Waals surface area contributed by atoms with Gasteiger partial charge in [-0.05, 0) is 55.4 Å². The highest BCUT2D eigenvalue weighted by molar-refractivity contribution is 7.92. The van der Waals surface area contributed by atoms with Crippen molar-refractivity contribution < 1.29 is 8.42 Å². The van der Waals surface area contributed by atoms with E-state index in [1.54, 1.807) is 37.3 Å². The van der Waals surface area contributed by atoms with E-state index in [1.807, 2.05) is 19.2 Å². The van der Waals surface area contributed by atoms with Crippen LogP contribution in [0.15, 0.2) is 47.4 Å². The smallest absolute Gasteiger partial charge is 0.262 e. The van der Waals surface area contributed by atoms with Crippen LogP contribution in [-0.4, -0.2) is 15.5 Å². The number of sulfonamides is 1. The summed E-state index contributed by atoms with van der Waals surface area (Å²) >= 11 is 5.80. The minimum Gasteiger partial charge on any atom is -0.316 e. The van der Waals surface area contributed by atoms with Crippen molar-refractivity contribution in [3.8, 4) is 0 Å². The molecule has 2 N–H and O–H groups in total. The number of hydrogen-bond acceptors (Lipinski definition) is 3. The van der Waals surface area contributed by atoms with Gasteiger partial charge in [0, 0.05) is 17.3 Å². The minimum atomic E-state index is -3.62. The molecule has 0 bridgehead atoms. The van der Waals surface area contributed by atoms with Gasteiger partial charge in [0.05, 0.1) is 4.90 Å².